The van der Waals surface area contributed by atoms with Crippen molar-refractivity contribution in [2.75, 3.05) is 6.54 Å². The van der Waals surface area contributed by atoms with Crippen LogP contribution in [0.4, 0.5) is 0 Å². The fourth-order valence-electron chi connectivity index (χ4n) is 3.74. The van der Waals surface area contributed by atoms with Crippen LogP contribution < -0.4 is 0 Å². The van der Waals surface area contributed by atoms with Gasteiger partial charge in [0.15, 0.2) is 0 Å². The molecule has 0 bridgehead atoms. The summed E-state index contributed by atoms with van der Waals surface area (Å²) >= 11 is 0. The molecule has 0 spiro atoms. The van der Waals surface area contributed by atoms with E-state index in [0.29, 0.717) is 17.9 Å². The summed E-state index contributed by atoms with van der Waals surface area (Å²) in [4.78, 5) is 2.65. The van der Waals surface area contributed by atoms with Gasteiger partial charge >= 0.3 is 0 Å². The Morgan fingerprint density at radius 2 is 1.83 bits per heavy atom. The predicted octanol–water partition coefficient (Wildman–Crippen LogP) is 3.29. The molecule has 2 aliphatic rings. The Labute approximate surface area is 113 Å². The zero-order valence-corrected chi connectivity index (χ0v) is 12.6. The quantitative estimate of drug-likeness (QED) is 0.812. The summed E-state index contributed by atoms with van der Waals surface area (Å²) in [5.41, 5.74) is 0. The second-order valence-corrected chi connectivity index (χ2v) is 7.26. The summed E-state index contributed by atoms with van der Waals surface area (Å²) in [5.74, 6) is 2.11. The Hall–Kier alpha value is -0.0800. The highest BCUT2D eigenvalue weighted by Crippen LogP contribution is 2.38. The van der Waals surface area contributed by atoms with Gasteiger partial charge in [0.2, 0.25) is 0 Å². The molecule has 18 heavy (non-hydrogen) atoms. The minimum Gasteiger partial charge on any atom is -0.391 e. The number of aliphatic hydroxyl groups is 1. The van der Waals surface area contributed by atoms with Crippen molar-refractivity contribution in [2.24, 2.45) is 17.8 Å². The first kappa shape index (κ1) is 14.3. The molecule has 106 valence electrons. The number of nitrogens with zero attached hydrogens (tertiary/aromatic N) is 1. The number of aliphatic hydroxyl groups excluding tert-OH is 1. The molecule has 0 amide bonds. The third kappa shape index (κ3) is 3.48. The van der Waals surface area contributed by atoms with Crippen LogP contribution >= 0.6 is 0 Å². The molecule has 2 heteroatoms. The first-order valence-electron chi connectivity index (χ1n) is 7.92. The Bertz CT molecular complexity index is 250. The zero-order valence-electron chi connectivity index (χ0n) is 12.6. The topological polar surface area (TPSA) is 23.5 Å². The van der Waals surface area contributed by atoms with Gasteiger partial charge < -0.3 is 5.11 Å². The van der Waals surface area contributed by atoms with Crippen LogP contribution in [0.2, 0.25) is 0 Å². The van der Waals surface area contributed by atoms with E-state index in [9.17, 15) is 5.11 Å². The minimum absolute atomic E-state index is 0.100. The lowest BCUT2D eigenvalue weighted by atomic mass is 9.77. The van der Waals surface area contributed by atoms with Crippen LogP contribution in [-0.2, 0) is 0 Å². The lowest BCUT2D eigenvalue weighted by Crippen LogP contribution is -2.52. The van der Waals surface area contributed by atoms with E-state index >= 15 is 0 Å². The maximum absolute atomic E-state index is 10.5. The van der Waals surface area contributed by atoms with E-state index in [0.717, 1.165) is 18.4 Å². The third-order valence-corrected chi connectivity index (χ3v) is 4.76. The normalized spacial score (nSPS) is 37.5. The maximum Gasteiger partial charge on any atom is 0.0700 e. The molecule has 4 atom stereocenters. The molecule has 2 saturated carbocycles. The molecule has 0 saturated heterocycles. The van der Waals surface area contributed by atoms with E-state index in [4.69, 9.17) is 0 Å². The van der Waals surface area contributed by atoms with E-state index < -0.39 is 0 Å². The number of rotatable bonds is 5. The Balaban J connectivity index is 1.99. The average Bonchev–Trinajstić information content (AvgIpc) is 3.04. The Morgan fingerprint density at radius 3 is 2.33 bits per heavy atom. The smallest absolute Gasteiger partial charge is 0.0700 e. The van der Waals surface area contributed by atoms with E-state index in [1.165, 1.54) is 32.2 Å². The highest BCUT2D eigenvalue weighted by molar-refractivity contribution is 4.96. The second-order valence-electron chi connectivity index (χ2n) is 7.26. The van der Waals surface area contributed by atoms with Gasteiger partial charge in [-0.15, -0.1) is 0 Å². The molecule has 0 aromatic heterocycles. The Kier molecular flexibility index (Phi) is 4.71. The van der Waals surface area contributed by atoms with Gasteiger partial charge in [-0.25, -0.2) is 0 Å². The van der Waals surface area contributed by atoms with E-state index in [1.54, 1.807) is 0 Å². The molecule has 2 rings (SSSR count). The van der Waals surface area contributed by atoms with Crippen LogP contribution in [0.25, 0.3) is 0 Å². The molecule has 2 aliphatic carbocycles. The average molecular weight is 253 g/mol. The first-order chi connectivity index (χ1) is 8.49. The fourth-order valence-corrected chi connectivity index (χ4v) is 3.74. The number of hydrogen-bond acceptors (Lipinski definition) is 2. The summed E-state index contributed by atoms with van der Waals surface area (Å²) in [6.07, 6.45) is 6.15. The minimum atomic E-state index is -0.100. The van der Waals surface area contributed by atoms with E-state index in [-0.39, 0.29) is 6.10 Å². The maximum atomic E-state index is 10.5. The zero-order chi connectivity index (χ0) is 13.3. The SMILES string of the molecule is CC(C)CCN(C1CC1)C1C(C)CC(C)CC1O. The molecule has 0 radical (unpaired) electrons. The molecule has 2 nitrogen and oxygen atoms in total. The summed E-state index contributed by atoms with van der Waals surface area (Å²) in [6.45, 7) is 10.4. The van der Waals surface area contributed by atoms with E-state index in [1.807, 2.05) is 0 Å². The van der Waals surface area contributed by atoms with E-state index in [2.05, 4.69) is 32.6 Å². The van der Waals surface area contributed by atoms with Gasteiger partial charge in [0, 0.05) is 12.1 Å². The molecule has 0 aromatic rings. The van der Waals surface area contributed by atoms with Crippen LogP contribution in [0.15, 0.2) is 0 Å². The highest BCUT2D eigenvalue weighted by atomic mass is 16.3. The summed E-state index contributed by atoms with van der Waals surface area (Å²) in [6, 6.07) is 1.20. The van der Waals surface area contributed by atoms with Crippen molar-refractivity contribution in [2.45, 2.75) is 78.0 Å². The van der Waals surface area contributed by atoms with Crippen molar-refractivity contribution in [3.8, 4) is 0 Å². The fraction of sp³-hybridized carbons (Fsp3) is 1.00. The largest absolute Gasteiger partial charge is 0.391 e. The molecule has 0 heterocycles. The van der Waals surface area contributed by atoms with Crippen LogP contribution in [0.3, 0.4) is 0 Å². The van der Waals surface area contributed by atoms with Crippen molar-refractivity contribution in [1.82, 2.24) is 4.90 Å². The molecule has 4 unspecified atom stereocenters. The van der Waals surface area contributed by atoms with Crippen LogP contribution in [0, 0.1) is 17.8 Å². The van der Waals surface area contributed by atoms with Gasteiger partial charge in [-0.3, -0.25) is 4.90 Å². The first-order valence-corrected chi connectivity index (χ1v) is 7.92. The van der Waals surface area contributed by atoms with Crippen molar-refractivity contribution < 1.29 is 5.11 Å². The van der Waals surface area contributed by atoms with Crippen molar-refractivity contribution in [3.05, 3.63) is 0 Å². The van der Waals surface area contributed by atoms with Crippen molar-refractivity contribution in [3.63, 3.8) is 0 Å². The molecule has 0 aliphatic heterocycles. The van der Waals surface area contributed by atoms with Gasteiger partial charge in [-0.1, -0.05) is 27.7 Å². The van der Waals surface area contributed by atoms with Crippen molar-refractivity contribution >= 4 is 0 Å². The highest BCUT2D eigenvalue weighted by Gasteiger charge is 2.42. The van der Waals surface area contributed by atoms with Gasteiger partial charge in [0.1, 0.15) is 0 Å². The standard InChI is InChI=1S/C16H31NO/c1-11(2)7-8-17(14-5-6-14)16-13(4)9-12(3)10-15(16)18/h11-16,18H,5-10H2,1-4H3. The Morgan fingerprint density at radius 1 is 1.17 bits per heavy atom. The lowest BCUT2D eigenvalue weighted by molar-refractivity contribution is -0.0296. The summed E-state index contributed by atoms with van der Waals surface area (Å²) in [7, 11) is 0. The molecule has 2 fully saturated rings. The molecular formula is C16H31NO. The molecule has 0 aromatic carbocycles. The predicted molar refractivity (Wildman–Crippen MR) is 76.5 cm³/mol. The van der Waals surface area contributed by atoms with Crippen LogP contribution in [0.5, 0.6) is 0 Å². The third-order valence-electron chi connectivity index (χ3n) is 4.76. The summed E-state index contributed by atoms with van der Waals surface area (Å²) < 4.78 is 0. The molecule has 1 N–H and O–H groups in total. The number of hydrogen-bond donors (Lipinski definition) is 1. The van der Waals surface area contributed by atoms with Gasteiger partial charge in [-0.05, 0) is 56.4 Å². The van der Waals surface area contributed by atoms with Gasteiger partial charge in [0.05, 0.1) is 6.10 Å². The summed E-state index contributed by atoms with van der Waals surface area (Å²) in [5, 5.41) is 10.5. The second kappa shape index (κ2) is 5.92. The lowest BCUT2D eigenvalue weighted by Gasteiger charge is -2.44. The van der Waals surface area contributed by atoms with Crippen molar-refractivity contribution in [1.29, 1.82) is 0 Å². The van der Waals surface area contributed by atoms with Crippen LogP contribution in [0.1, 0.15) is 59.8 Å². The van der Waals surface area contributed by atoms with Crippen LogP contribution in [-0.4, -0.2) is 34.7 Å². The monoisotopic (exact) mass is 253 g/mol. The molecular weight excluding hydrogens is 222 g/mol. The van der Waals surface area contributed by atoms with Gasteiger partial charge in [-0.2, -0.15) is 0 Å². The van der Waals surface area contributed by atoms with Gasteiger partial charge in [0.25, 0.3) is 0 Å².